The summed E-state index contributed by atoms with van der Waals surface area (Å²) in [6, 6.07) is 14.7. The quantitative estimate of drug-likeness (QED) is 0.434. The van der Waals surface area contributed by atoms with Gasteiger partial charge in [-0.3, -0.25) is 14.7 Å². The van der Waals surface area contributed by atoms with Crippen LogP contribution in [0.15, 0.2) is 60.9 Å². The van der Waals surface area contributed by atoms with E-state index in [2.05, 4.69) is 32.4 Å². The van der Waals surface area contributed by atoms with Gasteiger partial charge in [0.25, 0.3) is 5.91 Å². The minimum atomic E-state index is -3.07. The molecule has 3 aromatic heterocycles. The van der Waals surface area contributed by atoms with Gasteiger partial charge in [0.15, 0.2) is 0 Å². The highest BCUT2D eigenvalue weighted by Gasteiger charge is 2.27. The molecule has 4 heterocycles. The fourth-order valence-corrected chi connectivity index (χ4v) is 5.26. The van der Waals surface area contributed by atoms with Gasteiger partial charge in [-0.25, -0.2) is 4.98 Å². The molecule has 1 fully saturated rings. The van der Waals surface area contributed by atoms with Gasteiger partial charge >= 0.3 is 0 Å². The van der Waals surface area contributed by atoms with Crippen molar-refractivity contribution in [1.29, 1.82) is 0 Å². The van der Waals surface area contributed by atoms with Crippen LogP contribution >= 0.6 is 0 Å². The van der Waals surface area contributed by atoms with Crippen molar-refractivity contribution in [2.24, 2.45) is 7.05 Å². The number of piperidine rings is 1. The molecule has 1 aliphatic heterocycles. The van der Waals surface area contributed by atoms with E-state index >= 15 is 0 Å². The third kappa shape index (κ3) is 4.46. The van der Waals surface area contributed by atoms with E-state index in [4.69, 9.17) is 14.0 Å². The topological polar surface area (TPSA) is 80.3 Å². The Hall–Kier alpha value is -3.71. The maximum atomic E-state index is 12.8. The zero-order valence-electron chi connectivity index (χ0n) is 26.5. The second-order valence-corrected chi connectivity index (χ2v) is 9.45. The number of fused-ring (bicyclic) bond motifs is 1. The smallest absolute Gasteiger partial charge is 0.253 e. The number of amides is 1. The summed E-state index contributed by atoms with van der Waals surface area (Å²) in [5.74, 6) is -0.763. The Bertz CT molecular complexity index is 1560. The third-order valence-electron chi connectivity index (χ3n) is 7.37. The van der Waals surface area contributed by atoms with E-state index < -0.39 is 19.9 Å². The molecule has 0 unspecified atom stereocenters. The number of likely N-dealkylation sites (tertiary alicyclic amines) is 1. The number of anilines is 1. The molecule has 0 saturated carbocycles. The molecule has 0 spiro atoms. The fraction of sp³-hybridized carbons (Fsp3) is 0.345. The van der Waals surface area contributed by atoms with Gasteiger partial charge in [-0.2, -0.15) is 0 Å². The van der Waals surface area contributed by atoms with E-state index in [1.165, 1.54) is 12.1 Å². The van der Waals surface area contributed by atoms with E-state index in [0.717, 1.165) is 59.5 Å². The minimum absolute atomic E-state index is 0.00732. The minimum Gasteiger partial charge on any atom is -0.397 e. The lowest BCUT2D eigenvalue weighted by Crippen LogP contribution is -2.35. The molecule has 1 aliphatic rings. The summed E-state index contributed by atoms with van der Waals surface area (Å²) in [5, 5.41) is 1.04. The number of pyridine rings is 2. The van der Waals surface area contributed by atoms with Crippen molar-refractivity contribution in [3.05, 3.63) is 77.7 Å². The monoisotopic (exact) mass is 488 g/mol. The predicted molar refractivity (Wildman–Crippen MR) is 145 cm³/mol. The van der Waals surface area contributed by atoms with Gasteiger partial charge in [0, 0.05) is 63.7 Å². The Morgan fingerprint density at radius 1 is 1.11 bits per heavy atom. The first-order valence-electron chi connectivity index (χ1n) is 15.1. The summed E-state index contributed by atoms with van der Waals surface area (Å²) in [6.45, 7) is -2.18. The Kier molecular flexibility index (Phi) is 4.78. The fourth-order valence-electron chi connectivity index (χ4n) is 5.26. The van der Waals surface area contributed by atoms with Crippen LogP contribution in [-0.4, -0.2) is 57.3 Å². The Morgan fingerprint density at radius 3 is 2.53 bits per heavy atom. The van der Waals surface area contributed by atoms with Crippen LogP contribution in [0.5, 0.6) is 0 Å². The molecule has 5 rings (SSSR count). The third-order valence-corrected chi connectivity index (χ3v) is 7.37. The van der Waals surface area contributed by atoms with Crippen LogP contribution in [0.1, 0.15) is 61.6 Å². The van der Waals surface area contributed by atoms with Crippen LogP contribution in [-0.2, 0) is 7.05 Å². The van der Waals surface area contributed by atoms with Crippen LogP contribution in [0, 0.1) is 0 Å². The van der Waals surface area contributed by atoms with E-state index in [1.54, 1.807) is 24.5 Å². The summed E-state index contributed by atoms with van der Waals surface area (Å²) in [5.41, 5.74) is 11.4. The number of rotatable bonds is 5. The van der Waals surface area contributed by atoms with Crippen molar-refractivity contribution in [2.45, 2.75) is 31.7 Å². The van der Waals surface area contributed by atoms with Crippen molar-refractivity contribution < 1.29 is 13.0 Å². The number of nitrogens with zero attached hydrogens (tertiary/aromatic N) is 5. The number of carbonyl (C=O) groups excluding carboxylic acids is 1. The molecule has 0 aliphatic carbocycles. The van der Waals surface area contributed by atoms with E-state index in [0.29, 0.717) is 5.69 Å². The van der Waals surface area contributed by atoms with Crippen LogP contribution in [0.2, 0.25) is 0 Å². The lowest BCUT2D eigenvalue weighted by atomic mass is 9.88. The van der Waals surface area contributed by atoms with E-state index in [-0.39, 0.29) is 22.4 Å². The molecule has 7 nitrogen and oxygen atoms in total. The number of nitrogen functional groups attached to an aromatic ring is 1. The SMILES string of the molecule is [2H]C([2H])([2H])N(C(=O)c1ccc(C2CCN([C@H](C)c3cc4c(-c5ccc(N)cn5)ccnc4n3C)CC2)cc1)C([2H])([2H])[2H]. The highest BCUT2D eigenvalue weighted by Crippen LogP contribution is 2.35. The molecule has 7 heteroatoms. The van der Waals surface area contributed by atoms with Crippen LogP contribution in [0.3, 0.4) is 0 Å². The number of benzene rings is 1. The zero-order chi connectivity index (χ0) is 30.4. The molecular weight excluding hydrogens is 448 g/mol. The molecule has 1 atom stereocenters. The standard InChI is InChI=1S/C29H34N6O/c1-19(35-15-12-21(13-16-35)20-5-7-22(8-6-20)29(36)33(2)3)27-17-25-24(11-14-31-28(25)34(27)4)26-10-9-23(30)18-32-26/h5-11,14,17-19,21H,12-13,15-16,30H2,1-4H3/t19-/m1/s1/i2D3,3D3. The number of nitrogens with two attached hydrogens (primary N) is 1. The molecular formula is C29H34N6O. The van der Waals surface area contributed by atoms with E-state index in [9.17, 15) is 4.79 Å². The maximum Gasteiger partial charge on any atom is 0.253 e. The molecule has 1 amide bonds. The molecule has 1 saturated heterocycles. The average molecular weight is 489 g/mol. The van der Waals surface area contributed by atoms with Crippen molar-refractivity contribution >= 4 is 22.6 Å². The van der Waals surface area contributed by atoms with Crippen LogP contribution in [0.4, 0.5) is 5.69 Å². The summed E-state index contributed by atoms with van der Waals surface area (Å²) < 4.78 is 47.2. The first-order valence-corrected chi connectivity index (χ1v) is 12.1. The lowest BCUT2D eigenvalue weighted by molar-refractivity contribution is 0.0827. The number of aryl methyl sites for hydroxylation is 1. The summed E-state index contributed by atoms with van der Waals surface area (Å²) in [7, 11) is 2.04. The van der Waals surface area contributed by atoms with Gasteiger partial charge in [-0.1, -0.05) is 12.1 Å². The number of carbonyl (C=O) groups is 1. The number of hydrogen-bond acceptors (Lipinski definition) is 5. The number of hydrogen-bond donors (Lipinski definition) is 1. The molecule has 0 bridgehead atoms. The van der Waals surface area contributed by atoms with Gasteiger partial charge in [0.2, 0.25) is 0 Å². The molecule has 0 radical (unpaired) electrons. The van der Waals surface area contributed by atoms with Gasteiger partial charge in [-0.15, -0.1) is 0 Å². The summed E-state index contributed by atoms with van der Waals surface area (Å²) >= 11 is 0. The Labute approximate surface area is 221 Å². The highest BCUT2D eigenvalue weighted by molar-refractivity contribution is 5.94. The Balaban J connectivity index is 1.28. The lowest BCUT2D eigenvalue weighted by Gasteiger charge is -2.36. The average Bonchev–Trinajstić information content (AvgIpc) is 3.28. The van der Waals surface area contributed by atoms with Crippen LogP contribution in [0.25, 0.3) is 22.3 Å². The van der Waals surface area contributed by atoms with Gasteiger partial charge in [-0.05, 0) is 80.7 Å². The van der Waals surface area contributed by atoms with Gasteiger partial charge in [0.05, 0.1) is 17.6 Å². The largest absolute Gasteiger partial charge is 0.397 e. The molecule has 1 aromatic carbocycles. The van der Waals surface area contributed by atoms with E-state index in [1.807, 2.05) is 25.2 Å². The maximum absolute atomic E-state index is 12.8. The molecule has 36 heavy (non-hydrogen) atoms. The summed E-state index contributed by atoms with van der Waals surface area (Å²) in [4.78, 5) is 24.4. The van der Waals surface area contributed by atoms with Crippen molar-refractivity contribution in [1.82, 2.24) is 24.3 Å². The Morgan fingerprint density at radius 2 is 1.86 bits per heavy atom. The number of aromatic nitrogens is 3. The summed E-state index contributed by atoms with van der Waals surface area (Å²) in [6.07, 6.45) is 5.29. The predicted octanol–water partition coefficient (Wildman–Crippen LogP) is 4.86. The second-order valence-electron chi connectivity index (χ2n) is 9.45. The highest BCUT2D eigenvalue weighted by atomic mass is 16.2. The van der Waals surface area contributed by atoms with Gasteiger partial charge < -0.3 is 15.2 Å². The molecule has 2 N–H and O–H groups in total. The first kappa shape index (κ1) is 17.7. The molecule has 186 valence electrons. The zero-order valence-corrected chi connectivity index (χ0v) is 20.5. The van der Waals surface area contributed by atoms with Crippen molar-refractivity contribution in [2.75, 3.05) is 32.8 Å². The normalized spacial score (nSPS) is 18.9. The van der Waals surface area contributed by atoms with Gasteiger partial charge in [0.1, 0.15) is 5.65 Å². The van der Waals surface area contributed by atoms with Crippen molar-refractivity contribution in [3.8, 4) is 11.3 Å². The second kappa shape index (κ2) is 9.74. The molecule has 4 aromatic rings. The first-order chi connectivity index (χ1) is 19.8. The van der Waals surface area contributed by atoms with Crippen LogP contribution < -0.4 is 5.73 Å². The van der Waals surface area contributed by atoms with Crippen molar-refractivity contribution in [3.63, 3.8) is 0 Å².